The molecule has 0 aliphatic carbocycles. The molecule has 4 nitrogen and oxygen atoms in total. The Morgan fingerprint density at radius 2 is 2.05 bits per heavy atom. The van der Waals surface area contributed by atoms with Crippen LogP contribution in [-0.4, -0.2) is 33.7 Å². The highest BCUT2D eigenvalue weighted by Gasteiger charge is 2.25. The maximum Gasteiger partial charge on any atom is 0.255 e. The monoisotopic (exact) mass is 337 g/mol. The highest BCUT2D eigenvalue weighted by atomic mass is 35.5. The maximum absolute atomic E-state index is 12.5. The van der Waals surface area contributed by atoms with E-state index in [0.717, 1.165) is 32.5 Å². The molecule has 1 aromatic carbocycles. The molecule has 22 heavy (non-hydrogen) atoms. The third-order valence-corrected chi connectivity index (χ3v) is 4.62. The van der Waals surface area contributed by atoms with Crippen molar-refractivity contribution < 1.29 is 4.79 Å². The molecule has 2 aromatic rings. The van der Waals surface area contributed by atoms with Crippen LogP contribution in [0.2, 0.25) is 10.0 Å². The van der Waals surface area contributed by atoms with Gasteiger partial charge < -0.3 is 4.90 Å². The quantitative estimate of drug-likeness (QED) is 0.855. The van der Waals surface area contributed by atoms with Crippen molar-refractivity contribution in [3.63, 3.8) is 0 Å². The van der Waals surface area contributed by atoms with E-state index in [9.17, 15) is 4.79 Å². The SMILES string of the molecule is O=C(c1ccc(Cl)cc1Cl)N1CCC(Cn2cccn2)CC1. The molecule has 1 saturated heterocycles. The van der Waals surface area contributed by atoms with Gasteiger partial charge >= 0.3 is 0 Å². The van der Waals surface area contributed by atoms with Crippen molar-refractivity contribution >= 4 is 29.1 Å². The lowest BCUT2D eigenvalue weighted by Gasteiger charge is -2.32. The van der Waals surface area contributed by atoms with Crippen LogP contribution in [0.5, 0.6) is 0 Å². The summed E-state index contributed by atoms with van der Waals surface area (Å²) in [6.45, 7) is 2.42. The van der Waals surface area contributed by atoms with E-state index in [-0.39, 0.29) is 5.91 Å². The van der Waals surface area contributed by atoms with E-state index < -0.39 is 0 Å². The van der Waals surface area contributed by atoms with Gasteiger partial charge in [-0.2, -0.15) is 5.10 Å². The first-order valence-corrected chi connectivity index (χ1v) is 8.11. The summed E-state index contributed by atoms with van der Waals surface area (Å²) in [6, 6.07) is 6.94. The predicted octanol–water partition coefficient (Wildman–Crippen LogP) is 3.74. The molecule has 1 aliphatic rings. The zero-order valence-corrected chi connectivity index (χ0v) is 13.6. The van der Waals surface area contributed by atoms with Crippen molar-refractivity contribution in [2.45, 2.75) is 19.4 Å². The molecular formula is C16H17Cl2N3O. The fraction of sp³-hybridized carbons (Fsp3) is 0.375. The standard InChI is InChI=1S/C16H17Cl2N3O/c17-13-2-3-14(15(18)10-13)16(22)20-8-4-12(5-9-20)11-21-7-1-6-19-21/h1-3,6-7,10,12H,4-5,8-9,11H2. The number of likely N-dealkylation sites (tertiary alicyclic amines) is 1. The van der Waals surface area contributed by atoms with Crippen molar-refractivity contribution in [1.29, 1.82) is 0 Å². The molecule has 1 aliphatic heterocycles. The molecule has 0 atom stereocenters. The zero-order valence-electron chi connectivity index (χ0n) is 12.1. The van der Waals surface area contributed by atoms with Crippen LogP contribution in [-0.2, 0) is 6.54 Å². The van der Waals surface area contributed by atoms with E-state index in [1.165, 1.54) is 0 Å². The number of halogens is 2. The van der Waals surface area contributed by atoms with Crippen molar-refractivity contribution in [2.75, 3.05) is 13.1 Å². The number of nitrogens with zero attached hydrogens (tertiary/aromatic N) is 3. The summed E-state index contributed by atoms with van der Waals surface area (Å²) in [5.74, 6) is 0.545. The molecule has 3 rings (SSSR count). The molecule has 1 aromatic heterocycles. The molecule has 0 saturated carbocycles. The summed E-state index contributed by atoms with van der Waals surface area (Å²) in [4.78, 5) is 14.4. The van der Waals surface area contributed by atoms with Crippen LogP contribution < -0.4 is 0 Å². The number of rotatable bonds is 3. The molecule has 6 heteroatoms. The van der Waals surface area contributed by atoms with Crippen LogP contribution in [0.3, 0.4) is 0 Å². The van der Waals surface area contributed by atoms with Gasteiger partial charge in [0.05, 0.1) is 10.6 Å². The highest BCUT2D eigenvalue weighted by Crippen LogP contribution is 2.25. The predicted molar refractivity (Wildman–Crippen MR) is 87.3 cm³/mol. The Balaban J connectivity index is 1.60. The summed E-state index contributed by atoms with van der Waals surface area (Å²) in [6.07, 6.45) is 5.74. The van der Waals surface area contributed by atoms with Gasteiger partial charge in [-0.15, -0.1) is 0 Å². The minimum atomic E-state index is -0.0146. The highest BCUT2D eigenvalue weighted by molar-refractivity contribution is 6.36. The third-order valence-electron chi connectivity index (χ3n) is 4.07. The minimum Gasteiger partial charge on any atom is -0.339 e. The molecule has 0 radical (unpaired) electrons. The normalized spacial score (nSPS) is 16.0. The number of aromatic nitrogens is 2. The Morgan fingerprint density at radius 3 is 2.68 bits per heavy atom. The van der Waals surface area contributed by atoms with Gasteiger partial charge in [-0.3, -0.25) is 9.48 Å². The molecule has 0 N–H and O–H groups in total. The smallest absolute Gasteiger partial charge is 0.255 e. The van der Waals surface area contributed by atoms with Crippen LogP contribution in [0.25, 0.3) is 0 Å². The Bertz CT molecular complexity index is 649. The lowest BCUT2D eigenvalue weighted by atomic mass is 9.96. The number of benzene rings is 1. The summed E-state index contributed by atoms with van der Waals surface area (Å²) < 4.78 is 1.96. The van der Waals surface area contributed by atoms with Crippen molar-refractivity contribution in [2.24, 2.45) is 5.92 Å². The first kappa shape index (κ1) is 15.4. The average Bonchev–Trinajstić information content (AvgIpc) is 3.00. The summed E-state index contributed by atoms with van der Waals surface area (Å²) >= 11 is 12.0. The van der Waals surface area contributed by atoms with Gasteiger partial charge in [0.25, 0.3) is 5.91 Å². The lowest BCUT2D eigenvalue weighted by molar-refractivity contribution is 0.0681. The van der Waals surface area contributed by atoms with Crippen molar-refractivity contribution in [3.8, 4) is 0 Å². The number of amides is 1. The average molecular weight is 338 g/mol. The van der Waals surface area contributed by atoms with Gasteiger partial charge in [-0.25, -0.2) is 0 Å². The second-order valence-corrected chi connectivity index (χ2v) is 6.43. The van der Waals surface area contributed by atoms with Crippen LogP contribution in [0.15, 0.2) is 36.7 Å². The first-order chi connectivity index (χ1) is 10.6. The Hall–Kier alpha value is -1.52. The van der Waals surface area contributed by atoms with E-state index in [1.54, 1.807) is 24.4 Å². The van der Waals surface area contributed by atoms with Crippen LogP contribution >= 0.6 is 23.2 Å². The number of hydrogen-bond acceptors (Lipinski definition) is 2. The number of piperidine rings is 1. The second-order valence-electron chi connectivity index (χ2n) is 5.59. The van der Waals surface area contributed by atoms with Gasteiger partial charge in [-0.1, -0.05) is 23.2 Å². The summed E-state index contributed by atoms with van der Waals surface area (Å²) in [5, 5.41) is 5.19. The number of carbonyl (C=O) groups excluding carboxylic acids is 1. The largest absolute Gasteiger partial charge is 0.339 e. The van der Waals surface area contributed by atoms with Crippen molar-refractivity contribution in [1.82, 2.24) is 14.7 Å². The zero-order chi connectivity index (χ0) is 15.5. The lowest BCUT2D eigenvalue weighted by Crippen LogP contribution is -2.39. The minimum absolute atomic E-state index is 0.0146. The summed E-state index contributed by atoms with van der Waals surface area (Å²) in [5.41, 5.74) is 0.525. The van der Waals surface area contributed by atoms with E-state index in [0.29, 0.717) is 21.5 Å². The van der Waals surface area contributed by atoms with Crippen LogP contribution in [0, 0.1) is 5.92 Å². The molecular weight excluding hydrogens is 321 g/mol. The molecule has 0 bridgehead atoms. The molecule has 1 fully saturated rings. The molecule has 1 amide bonds. The van der Waals surface area contributed by atoms with Gasteiger partial charge in [0, 0.05) is 37.1 Å². The van der Waals surface area contributed by atoms with Crippen LogP contribution in [0.1, 0.15) is 23.2 Å². The van der Waals surface area contributed by atoms with Crippen LogP contribution in [0.4, 0.5) is 0 Å². The Kier molecular flexibility index (Phi) is 4.69. The Labute approximate surface area is 139 Å². The maximum atomic E-state index is 12.5. The van der Waals surface area contributed by atoms with Crippen molar-refractivity contribution in [3.05, 3.63) is 52.3 Å². The Morgan fingerprint density at radius 1 is 1.27 bits per heavy atom. The third kappa shape index (κ3) is 3.45. The van der Waals surface area contributed by atoms with E-state index >= 15 is 0 Å². The van der Waals surface area contributed by atoms with Gasteiger partial charge in [0.15, 0.2) is 0 Å². The van der Waals surface area contributed by atoms with Gasteiger partial charge in [0.2, 0.25) is 0 Å². The fourth-order valence-electron chi connectivity index (χ4n) is 2.82. The number of hydrogen-bond donors (Lipinski definition) is 0. The topological polar surface area (TPSA) is 38.1 Å². The molecule has 2 heterocycles. The first-order valence-electron chi connectivity index (χ1n) is 7.35. The van der Waals surface area contributed by atoms with E-state index in [1.807, 2.05) is 21.8 Å². The molecule has 0 unspecified atom stereocenters. The fourth-order valence-corrected chi connectivity index (χ4v) is 3.31. The van der Waals surface area contributed by atoms with Gasteiger partial charge in [-0.05, 0) is 43.0 Å². The summed E-state index contributed by atoms with van der Waals surface area (Å²) in [7, 11) is 0. The molecule has 116 valence electrons. The van der Waals surface area contributed by atoms with E-state index in [2.05, 4.69) is 5.10 Å². The number of carbonyl (C=O) groups is 1. The van der Waals surface area contributed by atoms with E-state index in [4.69, 9.17) is 23.2 Å². The molecule has 0 spiro atoms. The van der Waals surface area contributed by atoms with Gasteiger partial charge in [0.1, 0.15) is 0 Å². The second kappa shape index (κ2) is 6.71.